The molecule has 0 aliphatic heterocycles. The van der Waals surface area contributed by atoms with Crippen molar-refractivity contribution in [2.45, 2.75) is 32.9 Å². The van der Waals surface area contributed by atoms with Gasteiger partial charge in [-0.1, -0.05) is 38.1 Å². The van der Waals surface area contributed by atoms with E-state index in [2.05, 4.69) is 38.1 Å². The first-order chi connectivity index (χ1) is 7.13. The Kier molecular flexibility index (Phi) is 4.79. The molecule has 2 heteroatoms. The van der Waals surface area contributed by atoms with Gasteiger partial charge in [0.05, 0.1) is 6.61 Å². The number of hydrogen-bond acceptors (Lipinski definition) is 2. The van der Waals surface area contributed by atoms with Crippen LogP contribution in [0.15, 0.2) is 24.3 Å². The van der Waals surface area contributed by atoms with Gasteiger partial charge in [0.15, 0.2) is 0 Å². The first-order valence-electron chi connectivity index (χ1n) is 5.46. The van der Waals surface area contributed by atoms with E-state index >= 15 is 0 Å². The van der Waals surface area contributed by atoms with E-state index in [0.717, 1.165) is 6.42 Å². The van der Waals surface area contributed by atoms with Crippen molar-refractivity contribution < 1.29 is 4.74 Å². The number of ether oxygens (including phenoxy) is 1. The molecule has 0 aromatic heterocycles. The van der Waals surface area contributed by atoms with Gasteiger partial charge < -0.3 is 10.5 Å². The fourth-order valence-electron chi connectivity index (χ4n) is 1.45. The summed E-state index contributed by atoms with van der Waals surface area (Å²) in [7, 11) is 1.71. The molecule has 1 rings (SSSR count). The van der Waals surface area contributed by atoms with Crippen molar-refractivity contribution in [3.05, 3.63) is 35.4 Å². The van der Waals surface area contributed by atoms with Gasteiger partial charge in [-0.15, -0.1) is 0 Å². The molecule has 1 aromatic rings. The Morgan fingerprint density at radius 2 is 1.67 bits per heavy atom. The van der Waals surface area contributed by atoms with E-state index in [4.69, 9.17) is 10.5 Å². The van der Waals surface area contributed by atoms with Crippen molar-refractivity contribution >= 4 is 0 Å². The highest BCUT2D eigenvalue weighted by molar-refractivity contribution is 5.22. The first kappa shape index (κ1) is 12.2. The Balaban J connectivity index is 2.56. The zero-order valence-electron chi connectivity index (χ0n) is 9.86. The molecule has 0 fully saturated rings. The second-order valence-electron chi connectivity index (χ2n) is 4.36. The molecule has 0 saturated carbocycles. The lowest BCUT2D eigenvalue weighted by Gasteiger charge is -2.15. The fraction of sp³-hybridized carbons (Fsp3) is 0.538. The molecule has 0 spiro atoms. The van der Waals surface area contributed by atoms with Gasteiger partial charge in [0.2, 0.25) is 0 Å². The molecular formula is C13H21NO. The second-order valence-corrected chi connectivity index (χ2v) is 4.36. The summed E-state index contributed by atoms with van der Waals surface area (Å²) < 4.78 is 5.06. The van der Waals surface area contributed by atoms with Crippen LogP contribution >= 0.6 is 0 Å². The summed E-state index contributed by atoms with van der Waals surface area (Å²) in [5.74, 6) is 0.531. The van der Waals surface area contributed by atoms with Crippen LogP contribution in [0.4, 0.5) is 0 Å². The number of nitrogens with two attached hydrogens (primary N) is 1. The third kappa shape index (κ3) is 4.02. The van der Waals surface area contributed by atoms with Gasteiger partial charge in [-0.3, -0.25) is 0 Å². The Labute approximate surface area is 92.4 Å². The summed E-state index contributed by atoms with van der Waals surface area (Å²) >= 11 is 0. The SMILES string of the molecule is COCc1ccc(CC(N)C(C)C)cc1. The molecule has 2 N–H and O–H groups in total. The number of rotatable bonds is 5. The number of methoxy groups -OCH3 is 1. The van der Waals surface area contributed by atoms with Gasteiger partial charge in [0, 0.05) is 13.2 Å². The van der Waals surface area contributed by atoms with Crippen molar-refractivity contribution in [3.63, 3.8) is 0 Å². The standard InChI is InChI=1S/C13H21NO/c1-10(2)13(14)8-11-4-6-12(7-5-11)9-15-3/h4-7,10,13H,8-9,14H2,1-3H3. The molecule has 0 heterocycles. The molecule has 0 saturated heterocycles. The largest absolute Gasteiger partial charge is 0.380 e. The predicted molar refractivity (Wildman–Crippen MR) is 63.7 cm³/mol. The molecule has 2 nitrogen and oxygen atoms in total. The minimum Gasteiger partial charge on any atom is -0.380 e. The van der Waals surface area contributed by atoms with Gasteiger partial charge in [-0.25, -0.2) is 0 Å². The molecule has 0 bridgehead atoms. The van der Waals surface area contributed by atoms with Crippen molar-refractivity contribution in [3.8, 4) is 0 Å². The predicted octanol–water partition coefficient (Wildman–Crippen LogP) is 2.36. The van der Waals surface area contributed by atoms with Crippen LogP contribution in [0.1, 0.15) is 25.0 Å². The molecule has 0 amide bonds. The monoisotopic (exact) mass is 207 g/mol. The zero-order chi connectivity index (χ0) is 11.3. The van der Waals surface area contributed by atoms with Crippen LogP contribution in [0, 0.1) is 5.92 Å². The number of hydrogen-bond donors (Lipinski definition) is 1. The van der Waals surface area contributed by atoms with Crippen LogP contribution < -0.4 is 5.73 Å². The van der Waals surface area contributed by atoms with Crippen LogP contribution in [-0.2, 0) is 17.8 Å². The maximum atomic E-state index is 6.02. The maximum Gasteiger partial charge on any atom is 0.0713 e. The Bertz CT molecular complexity index is 279. The van der Waals surface area contributed by atoms with E-state index < -0.39 is 0 Å². The molecule has 1 unspecified atom stereocenters. The van der Waals surface area contributed by atoms with E-state index in [1.165, 1.54) is 11.1 Å². The van der Waals surface area contributed by atoms with Gasteiger partial charge >= 0.3 is 0 Å². The molecule has 1 aromatic carbocycles. The van der Waals surface area contributed by atoms with E-state index in [1.54, 1.807) is 7.11 Å². The van der Waals surface area contributed by atoms with Crippen molar-refractivity contribution in [1.29, 1.82) is 0 Å². The lowest BCUT2D eigenvalue weighted by atomic mass is 9.97. The van der Waals surface area contributed by atoms with Gasteiger partial charge in [0.1, 0.15) is 0 Å². The number of benzene rings is 1. The molecular weight excluding hydrogens is 186 g/mol. The van der Waals surface area contributed by atoms with E-state index in [-0.39, 0.29) is 6.04 Å². The average Bonchev–Trinajstić information content (AvgIpc) is 2.21. The normalized spacial score (nSPS) is 13.1. The van der Waals surface area contributed by atoms with Gasteiger partial charge in [0.25, 0.3) is 0 Å². The Hall–Kier alpha value is -0.860. The molecule has 0 aliphatic rings. The maximum absolute atomic E-state index is 6.02. The summed E-state index contributed by atoms with van der Waals surface area (Å²) in [5, 5.41) is 0. The molecule has 0 radical (unpaired) electrons. The molecule has 1 atom stereocenters. The van der Waals surface area contributed by atoms with Gasteiger partial charge in [-0.05, 0) is 23.5 Å². The topological polar surface area (TPSA) is 35.2 Å². The lowest BCUT2D eigenvalue weighted by molar-refractivity contribution is 0.185. The molecule has 84 valence electrons. The van der Waals surface area contributed by atoms with Crippen LogP contribution in [0.5, 0.6) is 0 Å². The zero-order valence-corrected chi connectivity index (χ0v) is 9.86. The quantitative estimate of drug-likeness (QED) is 0.804. The summed E-state index contributed by atoms with van der Waals surface area (Å²) in [6.45, 7) is 4.99. The summed E-state index contributed by atoms with van der Waals surface area (Å²) in [6, 6.07) is 8.73. The fourth-order valence-corrected chi connectivity index (χ4v) is 1.45. The smallest absolute Gasteiger partial charge is 0.0713 e. The Morgan fingerprint density at radius 3 is 2.13 bits per heavy atom. The van der Waals surface area contributed by atoms with Crippen LogP contribution in [0.2, 0.25) is 0 Å². The third-order valence-electron chi connectivity index (χ3n) is 2.66. The van der Waals surface area contributed by atoms with E-state index in [0.29, 0.717) is 12.5 Å². The summed E-state index contributed by atoms with van der Waals surface area (Å²) in [6.07, 6.45) is 0.949. The van der Waals surface area contributed by atoms with Crippen LogP contribution in [-0.4, -0.2) is 13.2 Å². The van der Waals surface area contributed by atoms with Gasteiger partial charge in [-0.2, -0.15) is 0 Å². The van der Waals surface area contributed by atoms with Crippen molar-refractivity contribution in [1.82, 2.24) is 0 Å². The minimum atomic E-state index is 0.248. The lowest BCUT2D eigenvalue weighted by Crippen LogP contribution is -2.28. The summed E-state index contributed by atoms with van der Waals surface area (Å²) in [5.41, 5.74) is 8.53. The third-order valence-corrected chi connectivity index (χ3v) is 2.66. The minimum absolute atomic E-state index is 0.248. The van der Waals surface area contributed by atoms with E-state index in [9.17, 15) is 0 Å². The van der Waals surface area contributed by atoms with Crippen LogP contribution in [0.25, 0.3) is 0 Å². The van der Waals surface area contributed by atoms with Crippen molar-refractivity contribution in [2.24, 2.45) is 11.7 Å². The highest BCUT2D eigenvalue weighted by atomic mass is 16.5. The molecule has 0 aliphatic carbocycles. The van der Waals surface area contributed by atoms with Crippen LogP contribution in [0.3, 0.4) is 0 Å². The second kappa shape index (κ2) is 5.89. The average molecular weight is 207 g/mol. The Morgan fingerprint density at radius 1 is 1.13 bits per heavy atom. The first-order valence-corrected chi connectivity index (χ1v) is 5.46. The van der Waals surface area contributed by atoms with E-state index in [1.807, 2.05) is 0 Å². The highest BCUT2D eigenvalue weighted by Gasteiger charge is 2.07. The van der Waals surface area contributed by atoms with Crippen molar-refractivity contribution in [2.75, 3.05) is 7.11 Å². The molecule has 15 heavy (non-hydrogen) atoms. The highest BCUT2D eigenvalue weighted by Crippen LogP contribution is 2.10. The summed E-state index contributed by atoms with van der Waals surface area (Å²) in [4.78, 5) is 0.